The van der Waals surface area contributed by atoms with Crippen LogP contribution in [-0.2, 0) is 5.54 Å². The van der Waals surface area contributed by atoms with E-state index in [9.17, 15) is 4.79 Å². The molecule has 0 aliphatic carbocycles. The maximum Gasteiger partial charge on any atom is 0.254 e. The van der Waals surface area contributed by atoms with Crippen LogP contribution in [0.3, 0.4) is 0 Å². The molecule has 1 heterocycles. The van der Waals surface area contributed by atoms with Crippen molar-refractivity contribution in [2.75, 3.05) is 6.54 Å². The van der Waals surface area contributed by atoms with E-state index in [1.807, 2.05) is 13.8 Å². The summed E-state index contributed by atoms with van der Waals surface area (Å²) in [5.74, 6) is 0. The normalized spacial score (nSPS) is 11.7. The molecule has 72 valence electrons. The Kier molecular flexibility index (Phi) is 2.52. The standard InChI is InChI=1S/C9H15N3O/c1-7-4-8(13)12(6-11-7)9(2,3)5-10/h4,6H,5,10H2,1-3H3. The van der Waals surface area contributed by atoms with Crippen molar-refractivity contribution >= 4 is 0 Å². The molecule has 0 atom stereocenters. The minimum absolute atomic E-state index is 0.0528. The molecule has 0 spiro atoms. The van der Waals surface area contributed by atoms with Crippen molar-refractivity contribution in [3.63, 3.8) is 0 Å². The second-order valence-electron chi connectivity index (χ2n) is 3.76. The molecule has 0 radical (unpaired) electrons. The first-order valence-electron chi connectivity index (χ1n) is 4.23. The fourth-order valence-corrected chi connectivity index (χ4v) is 1.04. The van der Waals surface area contributed by atoms with Gasteiger partial charge in [-0.2, -0.15) is 0 Å². The van der Waals surface area contributed by atoms with Gasteiger partial charge in [0.15, 0.2) is 0 Å². The molecule has 0 amide bonds. The van der Waals surface area contributed by atoms with E-state index in [0.29, 0.717) is 6.54 Å². The Morgan fingerprint density at radius 3 is 2.69 bits per heavy atom. The van der Waals surface area contributed by atoms with Gasteiger partial charge in [-0.05, 0) is 20.8 Å². The highest BCUT2D eigenvalue weighted by Crippen LogP contribution is 2.08. The average Bonchev–Trinajstić information content (AvgIpc) is 2.03. The van der Waals surface area contributed by atoms with Gasteiger partial charge in [0, 0.05) is 18.3 Å². The summed E-state index contributed by atoms with van der Waals surface area (Å²) in [7, 11) is 0. The number of nitrogens with zero attached hydrogens (tertiary/aromatic N) is 2. The summed E-state index contributed by atoms with van der Waals surface area (Å²) >= 11 is 0. The lowest BCUT2D eigenvalue weighted by Crippen LogP contribution is -2.41. The van der Waals surface area contributed by atoms with Crippen LogP contribution in [0.2, 0.25) is 0 Å². The summed E-state index contributed by atoms with van der Waals surface area (Å²) < 4.78 is 1.56. The lowest BCUT2D eigenvalue weighted by atomic mass is 10.1. The minimum Gasteiger partial charge on any atom is -0.328 e. The Labute approximate surface area is 77.4 Å². The lowest BCUT2D eigenvalue weighted by Gasteiger charge is -2.24. The molecular formula is C9H15N3O. The van der Waals surface area contributed by atoms with Crippen LogP contribution in [-0.4, -0.2) is 16.1 Å². The summed E-state index contributed by atoms with van der Waals surface area (Å²) in [5.41, 5.74) is 5.87. The number of hydrogen-bond donors (Lipinski definition) is 1. The van der Waals surface area contributed by atoms with Crippen LogP contribution in [0.1, 0.15) is 19.5 Å². The predicted molar refractivity (Wildman–Crippen MR) is 51.6 cm³/mol. The van der Waals surface area contributed by atoms with Crippen molar-refractivity contribution in [2.24, 2.45) is 5.73 Å². The number of rotatable bonds is 2. The summed E-state index contributed by atoms with van der Waals surface area (Å²) in [6.45, 7) is 6.02. The van der Waals surface area contributed by atoms with E-state index in [1.54, 1.807) is 17.8 Å². The maximum absolute atomic E-state index is 11.5. The molecular weight excluding hydrogens is 166 g/mol. The van der Waals surface area contributed by atoms with E-state index in [4.69, 9.17) is 5.73 Å². The van der Waals surface area contributed by atoms with Gasteiger partial charge in [0.25, 0.3) is 5.56 Å². The third-order valence-corrected chi connectivity index (χ3v) is 2.10. The fraction of sp³-hybridized carbons (Fsp3) is 0.556. The van der Waals surface area contributed by atoms with Crippen molar-refractivity contribution in [1.82, 2.24) is 9.55 Å². The predicted octanol–water partition coefficient (Wildman–Crippen LogP) is 0.246. The number of aryl methyl sites for hydroxylation is 1. The van der Waals surface area contributed by atoms with Gasteiger partial charge in [0.05, 0.1) is 11.9 Å². The Bertz CT molecular complexity index is 354. The SMILES string of the molecule is Cc1cc(=O)n(C(C)(C)CN)cn1. The monoisotopic (exact) mass is 181 g/mol. The van der Waals surface area contributed by atoms with Gasteiger partial charge in [-0.25, -0.2) is 4.98 Å². The number of hydrogen-bond acceptors (Lipinski definition) is 3. The first kappa shape index (κ1) is 9.92. The molecule has 0 fully saturated rings. The second-order valence-corrected chi connectivity index (χ2v) is 3.76. The van der Waals surface area contributed by atoms with Crippen LogP contribution in [0.15, 0.2) is 17.2 Å². The van der Waals surface area contributed by atoms with Gasteiger partial charge in [0.2, 0.25) is 0 Å². The third kappa shape index (κ3) is 1.95. The first-order chi connectivity index (χ1) is 5.97. The lowest BCUT2D eigenvalue weighted by molar-refractivity contribution is 0.350. The van der Waals surface area contributed by atoms with E-state index in [2.05, 4.69) is 4.98 Å². The van der Waals surface area contributed by atoms with Crippen LogP contribution in [0.5, 0.6) is 0 Å². The molecule has 0 saturated carbocycles. The van der Waals surface area contributed by atoms with Crippen LogP contribution in [0, 0.1) is 6.92 Å². The molecule has 1 aromatic rings. The Hall–Kier alpha value is -1.16. The smallest absolute Gasteiger partial charge is 0.254 e. The summed E-state index contributed by atoms with van der Waals surface area (Å²) in [4.78, 5) is 15.6. The van der Waals surface area contributed by atoms with Crippen molar-refractivity contribution in [2.45, 2.75) is 26.3 Å². The molecule has 4 heteroatoms. The molecule has 0 aromatic carbocycles. The largest absolute Gasteiger partial charge is 0.328 e. The number of aromatic nitrogens is 2. The van der Waals surface area contributed by atoms with Gasteiger partial charge >= 0.3 is 0 Å². The molecule has 4 nitrogen and oxygen atoms in total. The Morgan fingerprint density at radius 2 is 2.23 bits per heavy atom. The van der Waals surface area contributed by atoms with Gasteiger partial charge in [-0.15, -0.1) is 0 Å². The van der Waals surface area contributed by atoms with E-state index in [0.717, 1.165) is 5.69 Å². The molecule has 13 heavy (non-hydrogen) atoms. The van der Waals surface area contributed by atoms with Crippen LogP contribution in [0.25, 0.3) is 0 Å². The van der Waals surface area contributed by atoms with Gasteiger partial charge in [-0.1, -0.05) is 0 Å². The molecule has 0 bridgehead atoms. The van der Waals surface area contributed by atoms with Crippen LogP contribution >= 0.6 is 0 Å². The molecule has 0 saturated heterocycles. The maximum atomic E-state index is 11.5. The van der Waals surface area contributed by atoms with Gasteiger partial charge in [0.1, 0.15) is 0 Å². The highest BCUT2D eigenvalue weighted by molar-refractivity contribution is 4.99. The quantitative estimate of drug-likeness (QED) is 0.711. The molecule has 0 unspecified atom stereocenters. The van der Waals surface area contributed by atoms with Crippen LogP contribution in [0.4, 0.5) is 0 Å². The second kappa shape index (κ2) is 3.30. The minimum atomic E-state index is -0.363. The number of nitrogens with two attached hydrogens (primary N) is 1. The molecule has 1 aromatic heterocycles. The van der Waals surface area contributed by atoms with E-state index < -0.39 is 0 Å². The zero-order chi connectivity index (χ0) is 10.1. The first-order valence-corrected chi connectivity index (χ1v) is 4.23. The van der Waals surface area contributed by atoms with Gasteiger partial charge < -0.3 is 5.73 Å². The fourth-order valence-electron chi connectivity index (χ4n) is 1.04. The summed E-state index contributed by atoms with van der Waals surface area (Å²) in [5, 5.41) is 0. The molecule has 1 rings (SSSR count). The zero-order valence-corrected chi connectivity index (χ0v) is 8.24. The Morgan fingerprint density at radius 1 is 1.62 bits per heavy atom. The summed E-state index contributed by atoms with van der Waals surface area (Å²) in [6, 6.07) is 1.51. The van der Waals surface area contributed by atoms with Crippen molar-refractivity contribution in [3.05, 3.63) is 28.4 Å². The zero-order valence-electron chi connectivity index (χ0n) is 8.24. The van der Waals surface area contributed by atoms with E-state index in [1.165, 1.54) is 6.07 Å². The van der Waals surface area contributed by atoms with Crippen LogP contribution < -0.4 is 11.3 Å². The van der Waals surface area contributed by atoms with Crippen molar-refractivity contribution < 1.29 is 0 Å². The van der Waals surface area contributed by atoms with Crippen molar-refractivity contribution in [3.8, 4) is 0 Å². The highest BCUT2D eigenvalue weighted by Gasteiger charge is 2.18. The van der Waals surface area contributed by atoms with E-state index in [-0.39, 0.29) is 11.1 Å². The third-order valence-electron chi connectivity index (χ3n) is 2.10. The van der Waals surface area contributed by atoms with Crippen molar-refractivity contribution in [1.29, 1.82) is 0 Å². The molecule has 2 N–H and O–H groups in total. The topological polar surface area (TPSA) is 60.9 Å². The average molecular weight is 181 g/mol. The highest BCUT2D eigenvalue weighted by atomic mass is 16.1. The van der Waals surface area contributed by atoms with Gasteiger partial charge in [-0.3, -0.25) is 9.36 Å². The molecule has 0 aliphatic rings. The Balaban J connectivity index is 3.24. The van der Waals surface area contributed by atoms with E-state index >= 15 is 0 Å². The molecule has 0 aliphatic heterocycles. The summed E-state index contributed by atoms with van der Waals surface area (Å²) in [6.07, 6.45) is 1.55.